The van der Waals surface area contributed by atoms with Crippen molar-refractivity contribution in [3.63, 3.8) is 0 Å². The summed E-state index contributed by atoms with van der Waals surface area (Å²) in [6, 6.07) is 21.6. The van der Waals surface area contributed by atoms with E-state index in [-0.39, 0.29) is 12.0 Å². The topological polar surface area (TPSA) is 20.3 Å². The lowest BCUT2D eigenvalue weighted by atomic mass is 9.71. The van der Waals surface area contributed by atoms with Gasteiger partial charge < -0.3 is 4.90 Å². The second-order valence-electron chi connectivity index (χ2n) is 6.11. The lowest BCUT2D eigenvalue weighted by Gasteiger charge is -2.52. The van der Waals surface area contributed by atoms with E-state index in [2.05, 4.69) is 53.4 Å². The number of benzene rings is 2. The van der Waals surface area contributed by atoms with Gasteiger partial charge in [-0.1, -0.05) is 48.5 Å². The smallest absolute Gasteiger partial charge is 0.140 e. The van der Waals surface area contributed by atoms with Gasteiger partial charge in [-0.25, -0.2) is 0 Å². The summed E-state index contributed by atoms with van der Waals surface area (Å²) in [4.78, 5) is 14.9. The van der Waals surface area contributed by atoms with Gasteiger partial charge in [0, 0.05) is 24.1 Å². The zero-order valence-corrected chi connectivity index (χ0v) is 12.0. The molecule has 5 rings (SSSR count). The number of carbonyl (C=O) groups is 1. The number of para-hydroxylation sites is 1. The Bertz CT molecular complexity index is 637. The monoisotopic (exact) mass is 277 g/mol. The number of Topliss-reactive ketones (excluding diaryl/α,β-unsaturated/α-hetero) is 1. The van der Waals surface area contributed by atoms with Crippen molar-refractivity contribution in [3.8, 4) is 0 Å². The third kappa shape index (κ3) is 2.06. The zero-order valence-electron chi connectivity index (χ0n) is 12.0. The van der Waals surface area contributed by atoms with Crippen LogP contribution in [0.3, 0.4) is 0 Å². The molecule has 3 aliphatic rings. The molecule has 2 aromatic carbocycles. The molecule has 1 aliphatic carbocycles. The van der Waals surface area contributed by atoms with Crippen molar-refractivity contribution in [2.75, 3.05) is 4.90 Å². The molecule has 3 fully saturated rings. The first-order valence-electron chi connectivity index (χ1n) is 7.75. The maximum Gasteiger partial charge on any atom is 0.140 e. The summed E-state index contributed by atoms with van der Waals surface area (Å²) in [5.74, 6) is 0.602. The van der Waals surface area contributed by atoms with E-state index >= 15 is 0 Å². The normalized spacial score (nSPS) is 27.9. The number of anilines is 1. The highest BCUT2D eigenvalue weighted by molar-refractivity contribution is 5.86. The molecule has 1 saturated carbocycles. The van der Waals surface area contributed by atoms with Crippen molar-refractivity contribution >= 4 is 11.5 Å². The van der Waals surface area contributed by atoms with Gasteiger partial charge in [0.05, 0.1) is 6.04 Å². The largest absolute Gasteiger partial charge is 0.360 e. The van der Waals surface area contributed by atoms with Crippen LogP contribution in [0.5, 0.6) is 0 Å². The van der Waals surface area contributed by atoms with Gasteiger partial charge in [0.25, 0.3) is 0 Å². The minimum atomic E-state index is 0.151. The first-order valence-corrected chi connectivity index (χ1v) is 7.75. The number of carbonyl (C=O) groups excluding carboxylic acids is 1. The van der Waals surface area contributed by atoms with Crippen LogP contribution in [-0.4, -0.2) is 11.8 Å². The Morgan fingerprint density at radius 3 is 2.19 bits per heavy atom. The lowest BCUT2D eigenvalue weighted by Crippen LogP contribution is -2.54. The Hall–Kier alpha value is -2.09. The Kier molecular flexibility index (Phi) is 3.03. The first kappa shape index (κ1) is 12.6. The molecule has 21 heavy (non-hydrogen) atoms. The second kappa shape index (κ2) is 5.03. The molecular weight excluding hydrogens is 258 g/mol. The van der Waals surface area contributed by atoms with Crippen LogP contribution in [-0.2, 0) is 4.79 Å². The fraction of sp³-hybridized carbons (Fsp3) is 0.316. The summed E-state index contributed by atoms with van der Waals surface area (Å²) in [6.07, 6.45) is 2.88. The van der Waals surface area contributed by atoms with Crippen LogP contribution in [0.25, 0.3) is 0 Å². The van der Waals surface area contributed by atoms with Crippen molar-refractivity contribution in [2.24, 2.45) is 5.92 Å². The number of rotatable bonds is 2. The summed E-state index contributed by atoms with van der Waals surface area (Å²) in [5.41, 5.74) is 2.51. The molecule has 2 heterocycles. The quantitative estimate of drug-likeness (QED) is 0.827. The summed E-state index contributed by atoms with van der Waals surface area (Å²) in [6.45, 7) is 0. The lowest BCUT2D eigenvalue weighted by molar-refractivity contribution is -0.128. The van der Waals surface area contributed by atoms with E-state index in [1.807, 2.05) is 12.1 Å². The van der Waals surface area contributed by atoms with Crippen LogP contribution in [0, 0.1) is 5.92 Å². The molecule has 3 atom stereocenters. The maximum absolute atomic E-state index is 12.4. The minimum absolute atomic E-state index is 0.151. The van der Waals surface area contributed by atoms with Crippen LogP contribution >= 0.6 is 0 Å². The molecule has 106 valence electrons. The first-order chi connectivity index (χ1) is 10.3. The molecule has 0 amide bonds. The van der Waals surface area contributed by atoms with E-state index in [9.17, 15) is 4.79 Å². The van der Waals surface area contributed by atoms with Crippen LogP contribution in [0.2, 0.25) is 0 Å². The minimum Gasteiger partial charge on any atom is -0.360 e. The number of ketones is 1. The molecule has 0 aromatic heterocycles. The molecule has 2 heteroatoms. The van der Waals surface area contributed by atoms with Crippen LogP contribution < -0.4 is 4.90 Å². The summed E-state index contributed by atoms with van der Waals surface area (Å²) >= 11 is 0. The van der Waals surface area contributed by atoms with Gasteiger partial charge in [0.15, 0.2) is 0 Å². The van der Waals surface area contributed by atoms with Gasteiger partial charge >= 0.3 is 0 Å². The highest BCUT2D eigenvalue weighted by atomic mass is 16.1. The molecular formula is C19H19NO. The van der Waals surface area contributed by atoms with Crippen molar-refractivity contribution in [1.82, 2.24) is 0 Å². The fourth-order valence-electron chi connectivity index (χ4n) is 4.03. The number of hydrogen-bond donors (Lipinski definition) is 0. The Labute approximate surface area is 125 Å². The predicted molar refractivity (Wildman–Crippen MR) is 84.2 cm³/mol. The summed E-state index contributed by atoms with van der Waals surface area (Å²) in [7, 11) is 0. The molecule has 0 spiro atoms. The van der Waals surface area contributed by atoms with Crippen LogP contribution in [0.4, 0.5) is 5.69 Å². The van der Waals surface area contributed by atoms with E-state index in [0.717, 1.165) is 12.8 Å². The van der Waals surface area contributed by atoms with E-state index in [0.29, 0.717) is 18.2 Å². The SMILES string of the molecule is O=C1C[C@@H]2CC[C@H]1[C@H](c1ccccc1)N2c1ccccc1. The number of fused-ring (bicyclic) bond motifs is 3. The van der Waals surface area contributed by atoms with Crippen LogP contribution in [0.1, 0.15) is 30.9 Å². The predicted octanol–water partition coefficient (Wildman–Crippen LogP) is 3.99. The summed E-state index contributed by atoms with van der Waals surface area (Å²) < 4.78 is 0. The molecule has 2 saturated heterocycles. The van der Waals surface area contributed by atoms with E-state index in [1.165, 1.54) is 11.3 Å². The van der Waals surface area contributed by atoms with E-state index < -0.39 is 0 Å². The van der Waals surface area contributed by atoms with Gasteiger partial charge in [-0.2, -0.15) is 0 Å². The molecule has 0 N–H and O–H groups in total. The molecule has 2 bridgehead atoms. The van der Waals surface area contributed by atoms with E-state index in [1.54, 1.807) is 0 Å². The average Bonchev–Trinajstić information content (AvgIpc) is 2.56. The molecule has 2 aromatic rings. The van der Waals surface area contributed by atoms with E-state index in [4.69, 9.17) is 0 Å². The molecule has 0 unspecified atom stereocenters. The third-order valence-corrected chi connectivity index (χ3v) is 4.93. The fourth-order valence-corrected chi connectivity index (χ4v) is 4.03. The molecule has 0 radical (unpaired) electrons. The molecule has 2 aliphatic heterocycles. The van der Waals surface area contributed by atoms with Gasteiger partial charge in [-0.15, -0.1) is 0 Å². The average molecular weight is 277 g/mol. The number of piperidine rings is 2. The zero-order chi connectivity index (χ0) is 14.2. The highest BCUT2D eigenvalue weighted by Gasteiger charge is 2.47. The standard InChI is InChI=1S/C19H19NO/c21-18-13-16-11-12-17(18)19(14-7-3-1-4-8-14)20(16)15-9-5-2-6-10-15/h1-10,16-17,19H,11-13H2/t16-,17+,19-/m0/s1. The molecule has 2 nitrogen and oxygen atoms in total. The van der Waals surface area contributed by atoms with Gasteiger partial charge in [-0.05, 0) is 30.5 Å². The van der Waals surface area contributed by atoms with Crippen LogP contribution in [0.15, 0.2) is 60.7 Å². The Morgan fingerprint density at radius 1 is 0.857 bits per heavy atom. The van der Waals surface area contributed by atoms with Crippen molar-refractivity contribution in [2.45, 2.75) is 31.3 Å². The van der Waals surface area contributed by atoms with Crippen molar-refractivity contribution in [3.05, 3.63) is 66.2 Å². The van der Waals surface area contributed by atoms with Gasteiger partial charge in [-0.3, -0.25) is 4.79 Å². The Balaban J connectivity index is 1.81. The maximum atomic E-state index is 12.4. The second-order valence-corrected chi connectivity index (χ2v) is 6.11. The Morgan fingerprint density at radius 2 is 1.52 bits per heavy atom. The highest BCUT2D eigenvalue weighted by Crippen LogP contribution is 2.47. The third-order valence-electron chi connectivity index (χ3n) is 4.93. The van der Waals surface area contributed by atoms with Gasteiger partial charge in [0.1, 0.15) is 5.78 Å². The number of hydrogen-bond acceptors (Lipinski definition) is 2. The van der Waals surface area contributed by atoms with Crippen molar-refractivity contribution in [1.29, 1.82) is 0 Å². The van der Waals surface area contributed by atoms with Gasteiger partial charge in [0.2, 0.25) is 0 Å². The summed E-state index contributed by atoms with van der Waals surface area (Å²) in [5, 5.41) is 0. The van der Waals surface area contributed by atoms with Crippen molar-refractivity contribution < 1.29 is 4.79 Å². The number of nitrogens with zero attached hydrogens (tertiary/aromatic N) is 1.